The van der Waals surface area contributed by atoms with E-state index in [1.54, 1.807) is 30.3 Å². The van der Waals surface area contributed by atoms with Crippen molar-refractivity contribution < 1.29 is 17.6 Å². The summed E-state index contributed by atoms with van der Waals surface area (Å²) < 4.78 is 34.4. The minimum atomic E-state index is -3.70. The Morgan fingerprint density at radius 1 is 1.33 bits per heavy atom. The minimum absolute atomic E-state index is 0.174. The van der Waals surface area contributed by atoms with Crippen molar-refractivity contribution in [1.29, 1.82) is 0 Å². The van der Waals surface area contributed by atoms with E-state index in [1.165, 1.54) is 4.31 Å². The fraction of sp³-hybridized carbons (Fsp3) is 0.615. The highest BCUT2D eigenvalue weighted by atomic mass is 32.2. The maximum absolute atomic E-state index is 12.5. The average Bonchev–Trinajstić information content (AvgIpc) is 3.14. The van der Waals surface area contributed by atoms with Crippen molar-refractivity contribution in [2.75, 3.05) is 20.1 Å². The van der Waals surface area contributed by atoms with E-state index >= 15 is 0 Å². The molecule has 8 heteroatoms. The van der Waals surface area contributed by atoms with Gasteiger partial charge in [0.15, 0.2) is 0 Å². The summed E-state index contributed by atoms with van der Waals surface area (Å²) in [4.78, 5) is 13.4. The fourth-order valence-corrected chi connectivity index (χ4v) is 4.60. The molecule has 1 amide bonds. The maximum Gasteiger partial charge on any atom is 0.280 e. The molecule has 2 saturated heterocycles. The van der Waals surface area contributed by atoms with Crippen LogP contribution in [0, 0.1) is 0 Å². The summed E-state index contributed by atoms with van der Waals surface area (Å²) in [6.07, 6.45) is 3.56. The Balaban J connectivity index is 1.76. The normalized spacial score (nSPS) is 27.7. The predicted octanol–water partition coefficient (Wildman–Crippen LogP) is 0.482. The topological polar surface area (TPSA) is 82.9 Å². The van der Waals surface area contributed by atoms with Crippen LogP contribution in [-0.2, 0) is 15.0 Å². The van der Waals surface area contributed by atoms with Crippen molar-refractivity contribution in [1.82, 2.24) is 13.9 Å². The molecule has 0 bridgehead atoms. The van der Waals surface area contributed by atoms with Gasteiger partial charge in [-0.15, -0.1) is 0 Å². The molecular weight excluding hydrogens is 294 g/mol. The first-order chi connectivity index (χ1) is 9.99. The molecule has 3 rings (SSSR count). The molecular formula is C13H19N3O4S. The Morgan fingerprint density at radius 2 is 2.14 bits per heavy atom. The lowest BCUT2D eigenvalue weighted by Gasteiger charge is -2.24. The summed E-state index contributed by atoms with van der Waals surface area (Å²) in [7, 11) is -2.02. The van der Waals surface area contributed by atoms with E-state index in [0.717, 1.165) is 12.8 Å². The quantitative estimate of drug-likeness (QED) is 0.876. The van der Waals surface area contributed by atoms with Crippen LogP contribution in [0.4, 0.5) is 0 Å². The van der Waals surface area contributed by atoms with E-state index in [4.69, 9.17) is 4.42 Å². The van der Waals surface area contributed by atoms with Crippen molar-refractivity contribution in [2.24, 2.45) is 0 Å². The van der Waals surface area contributed by atoms with Crippen LogP contribution in [0.5, 0.6) is 0 Å². The number of nitrogens with zero attached hydrogens (tertiary/aromatic N) is 2. The number of furan rings is 1. The maximum atomic E-state index is 12.5. The molecule has 0 spiro atoms. The van der Waals surface area contributed by atoms with Crippen LogP contribution in [0.15, 0.2) is 22.8 Å². The minimum Gasteiger partial charge on any atom is -0.468 e. The van der Waals surface area contributed by atoms with Gasteiger partial charge < -0.3 is 9.32 Å². The largest absolute Gasteiger partial charge is 0.468 e. The number of carbonyl (C=O) groups excluding carboxylic acids is 1. The van der Waals surface area contributed by atoms with E-state index in [1.807, 2.05) is 0 Å². The number of rotatable bonds is 4. The van der Waals surface area contributed by atoms with Crippen LogP contribution in [0.1, 0.15) is 31.1 Å². The number of carbonyl (C=O) groups is 1. The summed E-state index contributed by atoms with van der Waals surface area (Å²) in [5.74, 6) is 0.472. The van der Waals surface area contributed by atoms with E-state index in [-0.39, 0.29) is 11.9 Å². The molecule has 7 nitrogen and oxygen atoms in total. The van der Waals surface area contributed by atoms with Crippen LogP contribution in [-0.4, -0.2) is 49.7 Å². The van der Waals surface area contributed by atoms with E-state index in [0.29, 0.717) is 25.3 Å². The van der Waals surface area contributed by atoms with Crippen molar-refractivity contribution in [3.05, 3.63) is 24.2 Å². The van der Waals surface area contributed by atoms with E-state index in [2.05, 4.69) is 4.72 Å². The second-order valence-electron chi connectivity index (χ2n) is 5.51. The van der Waals surface area contributed by atoms with Crippen LogP contribution < -0.4 is 4.72 Å². The van der Waals surface area contributed by atoms with Crippen LogP contribution in [0.3, 0.4) is 0 Å². The second kappa shape index (κ2) is 5.43. The molecule has 2 aliphatic heterocycles. The SMILES string of the molecule is CN1CC[C@H](NS(=O)(=O)N2CCC[C@H]2c2ccco2)C1=O. The first-order valence-electron chi connectivity index (χ1n) is 7.06. The number of amides is 1. The van der Waals surface area contributed by atoms with Gasteiger partial charge in [0.25, 0.3) is 10.2 Å². The third-order valence-corrected chi connectivity index (χ3v) is 5.74. The number of hydrogen-bond acceptors (Lipinski definition) is 4. The molecule has 0 radical (unpaired) electrons. The van der Waals surface area contributed by atoms with Crippen molar-refractivity contribution in [3.63, 3.8) is 0 Å². The summed E-state index contributed by atoms with van der Waals surface area (Å²) >= 11 is 0. The number of likely N-dealkylation sites (N-methyl/N-ethyl adjacent to an activating group) is 1. The Kier molecular flexibility index (Phi) is 3.76. The first kappa shape index (κ1) is 14.6. The molecule has 0 unspecified atom stereocenters. The average molecular weight is 313 g/mol. The van der Waals surface area contributed by atoms with Crippen LogP contribution in [0.2, 0.25) is 0 Å². The predicted molar refractivity (Wildman–Crippen MR) is 75.5 cm³/mol. The Bertz CT molecular complexity index is 613. The van der Waals surface area contributed by atoms with Gasteiger partial charge in [0.1, 0.15) is 11.8 Å². The third kappa shape index (κ3) is 2.70. The van der Waals surface area contributed by atoms with Gasteiger partial charge in [0, 0.05) is 20.1 Å². The highest BCUT2D eigenvalue weighted by Gasteiger charge is 2.40. The summed E-state index contributed by atoms with van der Waals surface area (Å²) in [6, 6.07) is 2.60. The van der Waals surface area contributed by atoms with Gasteiger partial charge in [0.05, 0.1) is 12.3 Å². The lowest BCUT2D eigenvalue weighted by atomic mass is 10.2. The third-order valence-electron chi connectivity index (χ3n) is 4.10. The van der Waals surface area contributed by atoms with E-state index < -0.39 is 16.3 Å². The zero-order valence-corrected chi connectivity index (χ0v) is 12.7. The number of likely N-dealkylation sites (tertiary alicyclic amines) is 1. The molecule has 0 aliphatic carbocycles. The Hall–Kier alpha value is -1.38. The number of hydrogen-bond donors (Lipinski definition) is 1. The highest BCUT2D eigenvalue weighted by Crippen LogP contribution is 2.34. The van der Waals surface area contributed by atoms with Gasteiger partial charge in [-0.3, -0.25) is 4.79 Å². The second-order valence-corrected chi connectivity index (χ2v) is 7.16. The molecule has 3 heterocycles. The molecule has 116 valence electrons. The molecule has 21 heavy (non-hydrogen) atoms. The van der Waals surface area contributed by atoms with Gasteiger partial charge in [-0.25, -0.2) is 0 Å². The molecule has 2 aliphatic rings. The van der Waals surface area contributed by atoms with Crippen LogP contribution >= 0.6 is 0 Å². The van der Waals surface area contributed by atoms with E-state index in [9.17, 15) is 13.2 Å². The number of nitrogens with one attached hydrogen (secondary N) is 1. The molecule has 1 N–H and O–H groups in total. The monoisotopic (exact) mass is 313 g/mol. The summed E-state index contributed by atoms with van der Waals surface area (Å²) in [5, 5.41) is 0. The summed E-state index contributed by atoms with van der Waals surface area (Å²) in [6.45, 7) is 1.02. The summed E-state index contributed by atoms with van der Waals surface area (Å²) in [5.41, 5.74) is 0. The lowest BCUT2D eigenvalue weighted by molar-refractivity contribution is -0.127. The standard InChI is InChI=1S/C13H19N3O4S/c1-15-8-6-10(13(15)17)14-21(18,19)16-7-2-4-11(16)12-5-3-9-20-12/h3,5,9-11,14H,2,4,6-8H2,1H3/t10-,11-/m0/s1. The first-order valence-corrected chi connectivity index (χ1v) is 8.50. The van der Waals surface area contributed by atoms with Gasteiger partial charge in [-0.2, -0.15) is 17.4 Å². The zero-order valence-electron chi connectivity index (χ0n) is 11.9. The molecule has 2 atom stereocenters. The van der Waals surface area contributed by atoms with Gasteiger partial charge in [0.2, 0.25) is 5.91 Å². The van der Waals surface area contributed by atoms with Crippen LogP contribution in [0.25, 0.3) is 0 Å². The Morgan fingerprint density at radius 3 is 2.76 bits per heavy atom. The van der Waals surface area contributed by atoms with Gasteiger partial charge in [-0.1, -0.05) is 0 Å². The van der Waals surface area contributed by atoms with Crippen molar-refractivity contribution in [3.8, 4) is 0 Å². The fourth-order valence-electron chi connectivity index (χ4n) is 2.97. The highest BCUT2D eigenvalue weighted by molar-refractivity contribution is 7.87. The van der Waals surface area contributed by atoms with Gasteiger partial charge >= 0.3 is 0 Å². The van der Waals surface area contributed by atoms with Crippen molar-refractivity contribution in [2.45, 2.75) is 31.3 Å². The molecule has 0 saturated carbocycles. The van der Waals surface area contributed by atoms with Crippen molar-refractivity contribution >= 4 is 16.1 Å². The lowest BCUT2D eigenvalue weighted by Crippen LogP contribution is -2.47. The molecule has 1 aromatic rings. The molecule has 2 fully saturated rings. The zero-order chi connectivity index (χ0) is 15.0. The Labute approximate surface area is 124 Å². The smallest absolute Gasteiger partial charge is 0.280 e. The van der Waals surface area contributed by atoms with Gasteiger partial charge in [-0.05, 0) is 31.4 Å². The molecule has 1 aromatic heterocycles. The molecule has 0 aromatic carbocycles.